The molecule has 24 heavy (non-hydrogen) atoms. The third kappa shape index (κ3) is 3.51. The summed E-state index contributed by atoms with van der Waals surface area (Å²) in [6.07, 6.45) is 0.930. The number of amides is 3. The van der Waals surface area contributed by atoms with E-state index < -0.39 is 10.8 Å². The highest BCUT2D eigenvalue weighted by Crippen LogP contribution is 2.27. The summed E-state index contributed by atoms with van der Waals surface area (Å²) >= 11 is 0.914. The Bertz CT molecular complexity index is 660. The molecule has 1 fully saturated rings. The molecule has 2 rings (SSSR count). The van der Waals surface area contributed by atoms with Crippen molar-refractivity contribution in [3.05, 3.63) is 35.9 Å². The molecule has 0 unspecified atom stereocenters. The Balaban J connectivity index is 1.97. The van der Waals surface area contributed by atoms with Gasteiger partial charge in [-0.15, -0.1) is 0 Å². The van der Waals surface area contributed by atoms with E-state index in [2.05, 4.69) is 0 Å². The third-order valence-electron chi connectivity index (χ3n) is 4.18. The second-order valence-electron chi connectivity index (χ2n) is 6.09. The molecule has 1 saturated heterocycles. The molecular weight excluding hydrogens is 328 g/mol. The van der Waals surface area contributed by atoms with Crippen LogP contribution in [-0.2, 0) is 9.59 Å². The van der Waals surface area contributed by atoms with Gasteiger partial charge >= 0.3 is 6.03 Å². The average molecular weight is 348 g/mol. The molecule has 1 aliphatic rings. The van der Waals surface area contributed by atoms with Crippen LogP contribution in [0.3, 0.4) is 0 Å². The summed E-state index contributed by atoms with van der Waals surface area (Å²) in [6.45, 7) is 3.47. The minimum Gasteiger partial charge on any atom is -0.313 e. The standard InChI is InChI=1S/C17H20N2O4S/c1-17(2)15(22)19(16(23)18(17)3)10-9-13(11-20)24-14(21)12-7-5-4-6-8-12/h4-8,11,13H,9-10H2,1-3H3/t13-/m1/s1. The van der Waals surface area contributed by atoms with Crippen LogP contribution < -0.4 is 0 Å². The Hall–Kier alpha value is -2.15. The zero-order chi connectivity index (χ0) is 17.9. The highest BCUT2D eigenvalue weighted by atomic mass is 32.2. The van der Waals surface area contributed by atoms with Crippen LogP contribution in [-0.4, -0.2) is 57.5 Å². The summed E-state index contributed by atoms with van der Waals surface area (Å²) in [5.41, 5.74) is -0.371. The monoisotopic (exact) mass is 348 g/mol. The lowest BCUT2D eigenvalue weighted by Gasteiger charge is -2.22. The molecule has 0 bridgehead atoms. The van der Waals surface area contributed by atoms with Gasteiger partial charge in [-0.1, -0.05) is 42.1 Å². The van der Waals surface area contributed by atoms with Crippen molar-refractivity contribution in [1.82, 2.24) is 9.80 Å². The summed E-state index contributed by atoms with van der Waals surface area (Å²) in [6, 6.07) is 8.30. The first kappa shape index (κ1) is 18.2. The number of carbonyl (C=O) groups is 4. The van der Waals surface area contributed by atoms with Gasteiger partial charge in [0.25, 0.3) is 5.91 Å². The van der Waals surface area contributed by atoms with E-state index in [9.17, 15) is 19.2 Å². The van der Waals surface area contributed by atoms with Crippen molar-refractivity contribution in [3.8, 4) is 0 Å². The minimum atomic E-state index is -0.888. The largest absolute Gasteiger partial charge is 0.327 e. The lowest BCUT2D eigenvalue weighted by Crippen LogP contribution is -2.41. The number of urea groups is 1. The van der Waals surface area contributed by atoms with Crippen LogP contribution in [0.25, 0.3) is 0 Å². The fraction of sp³-hybridized carbons (Fsp3) is 0.412. The maximum Gasteiger partial charge on any atom is 0.327 e. The first-order chi connectivity index (χ1) is 11.3. The molecule has 1 atom stereocenters. The Kier molecular flexibility index (Phi) is 5.43. The summed E-state index contributed by atoms with van der Waals surface area (Å²) in [5.74, 6) is -0.293. The van der Waals surface area contributed by atoms with Crippen molar-refractivity contribution in [2.45, 2.75) is 31.1 Å². The highest BCUT2D eigenvalue weighted by molar-refractivity contribution is 8.15. The molecule has 1 aromatic carbocycles. The van der Waals surface area contributed by atoms with Crippen LogP contribution in [0.5, 0.6) is 0 Å². The van der Waals surface area contributed by atoms with Crippen LogP contribution in [0, 0.1) is 0 Å². The maximum absolute atomic E-state index is 12.3. The molecule has 128 valence electrons. The van der Waals surface area contributed by atoms with Gasteiger partial charge in [-0.25, -0.2) is 4.79 Å². The van der Waals surface area contributed by atoms with Crippen molar-refractivity contribution in [3.63, 3.8) is 0 Å². The molecule has 0 spiro atoms. The van der Waals surface area contributed by atoms with E-state index in [1.165, 1.54) is 4.90 Å². The molecular formula is C17H20N2O4S. The lowest BCUT2D eigenvalue weighted by molar-refractivity contribution is -0.131. The van der Waals surface area contributed by atoms with E-state index in [0.717, 1.165) is 16.7 Å². The minimum absolute atomic E-state index is 0.115. The summed E-state index contributed by atoms with van der Waals surface area (Å²) < 4.78 is 0. The smallest absolute Gasteiger partial charge is 0.313 e. The molecule has 0 radical (unpaired) electrons. The molecule has 0 N–H and O–H groups in total. The Morgan fingerprint density at radius 3 is 2.38 bits per heavy atom. The number of carbonyl (C=O) groups excluding carboxylic acids is 4. The number of nitrogens with zero attached hydrogens (tertiary/aromatic N) is 2. The number of imide groups is 1. The van der Waals surface area contributed by atoms with Gasteiger partial charge < -0.3 is 9.69 Å². The van der Waals surface area contributed by atoms with Crippen molar-refractivity contribution >= 4 is 35.1 Å². The molecule has 3 amide bonds. The van der Waals surface area contributed by atoms with E-state index in [-0.39, 0.29) is 30.0 Å². The Morgan fingerprint density at radius 1 is 1.25 bits per heavy atom. The topological polar surface area (TPSA) is 74.8 Å². The van der Waals surface area contributed by atoms with E-state index in [1.807, 2.05) is 6.07 Å². The number of hydrogen-bond acceptors (Lipinski definition) is 5. The molecule has 1 aromatic rings. The zero-order valence-corrected chi connectivity index (χ0v) is 14.7. The second-order valence-corrected chi connectivity index (χ2v) is 7.30. The van der Waals surface area contributed by atoms with Crippen LogP contribution in [0.4, 0.5) is 4.79 Å². The zero-order valence-electron chi connectivity index (χ0n) is 13.9. The Labute approximate surface area is 145 Å². The third-order valence-corrected chi connectivity index (χ3v) is 5.28. The summed E-state index contributed by atoms with van der Waals surface area (Å²) in [7, 11) is 1.57. The average Bonchev–Trinajstić information content (AvgIpc) is 2.73. The summed E-state index contributed by atoms with van der Waals surface area (Å²) in [4.78, 5) is 50.4. The van der Waals surface area contributed by atoms with Crippen molar-refractivity contribution < 1.29 is 19.2 Å². The van der Waals surface area contributed by atoms with Gasteiger partial charge in [-0.05, 0) is 20.3 Å². The molecule has 0 aromatic heterocycles. The number of thioether (sulfide) groups is 1. The van der Waals surface area contributed by atoms with Gasteiger partial charge in [0.2, 0.25) is 5.12 Å². The van der Waals surface area contributed by atoms with Gasteiger partial charge in [-0.3, -0.25) is 14.5 Å². The number of benzene rings is 1. The molecule has 7 heteroatoms. The summed E-state index contributed by atoms with van der Waals surface area (Å²) in [5, 5.41) is -0.809. The SMILES string of the molecule is CN1C(=O)N(CC[C@H](C=O)SC(=O)c2ccccc2)C(=O)C1(C)C. The quantitative estimate of drug-likeness (QED) is 0.582. The second kappa shape index (κ2) is 7.17. The van der Waals surface area contributed by atoms with Gasteiger partial charge in [0.05, 0.1) is 5.25 Å². The number of hydrogen-bond donors (Lipinski definition) is 0. The predicted molar refractivity (Wildman–Crippen MR) is 91.8 cm³/mol. The van der Waals surface area contributed by atoms with Gasteiger partial charge in [0.1, 0.15) is 11.8 Å². The number of rotatable bonds is 6. The van der Waals surface area contributed by atoms with Crippen molar-refractivity contribution in [2.75, 3.05) is 13.6 Å². The normalized spacial score (nSPS) is 18.0. The molecule has 6 nitrogen and oxygen atoms in total. The van der Waals surface area contributed by atoms with Crippen molar-refractivity contribution in [2.24, 2.45) is 0 Å². The van der Waals surface area contributed by atoms with Crippen LogP contribution >= 0.6 is 11.8 Å². The fourth-order valence-electron chi connectivity index (χ4n) is 2.37. The first-order valence-corrected chi connectivity index (χ1v) is 8.48. The Morgan fingerprint density at radius 2 is 1.88 bits per heavy atom. The molecule has 1 heterocycles. The van der Waals surface area contributed by atoms with Crippen molar-refractivity contribution in [1.29, 1.82) is 0 Å². The van der Waals surface area contributed by atoms with E-state index >= 15 is 0 Å². The molecule has 0 aliphatic carbocycles. The first-order valence-electron chi connectivity index (χ1n) is 7.60. The highest BCUT2D eigenvalue weighted by Gasteiger charge is 2.48. The molecule has 1 aliphatic heterocycles. The predicted octanol–water partition coefficient (Wildman–Crippen LogP) is 2.19. The number of likely N-dealkylation sites (N-methyl/N-ethyl adjacent to an activating group) is 1. The van der Waals surface area contributed by atoms with E-state index in [0.29, 0.717) is 11.8 Å². The van der Waals surface area contributed by atoms with Crippen LogP contribution in [0.1, 0.15) is 30.6 Å². The van der Waals surface area contributed by atoms with Gasteiger partial charge in [-0.2, -0.15) is 0 Å². The lowest BCUT2D eigenvalue weighted by atomic mass is 10.1. The van der Waals surface area contributed by atoms with E-state index in [1.54, 1.807) is 45.2 Å². The number of aldehydes is 1. The fourth-order valence-corrected chi connectivity index (χ4v) is 3.19. The van der Waals surface area contributed by atoms with E-state index in [4.69, 9.17) is 0 Å². The maximum atomic E-state index is 12.3. The van der Waals surface area contributed by atoms with Gasteiger partial charge in [0.15, 0.2) is 0 Å². The molecule has 0 saturated carbocycles. The van der Waals surface area contributed by atoms with Gasteiger partial charge in [0, 0.05) is 19.2 Å². The van der Waals surface area contributed by atoms with Crippen LogP contribution in [0.15, 0.2) is 30.3 Å². The van der Waals surface area contributed by atoms with Crippen LogP contribution in [0.2, 0.25) is 0 Å².